The number of unbranched alkanes of at least 4 members (excludes halogenated alkanes) is 1. The maximum absolute atomic E-state index is 11.5. The number of fused-ring (bicyclic) bond motifs is 1. The van der Waals surface area contributed by atoms with Crippen LogP contribution in [0.3, 0.4) is 0 Å². The first-order chi connectivity index (χ1) is 16.0. The molecule has 0 saturated carbocycles. The van der Waals surface area contributed by atoms with Crippen LogP contribution < -0.4 is 9.47 Å². The van der Waals surface area contributed by atoms with Gasteiger partial charge in [0, 0.05) is 12.0 Å². The minimum Gasteiger partial charge on any atom is -0.494 e. The maximum Gasteiger partial charge on any atom is 0.337 e. The molecule has 3 aromatic carbocycles. The highest BCUT2D eigenvalue weighted by molar-refractivity contribution is 5.89. The second-order valence-corrected chi connectivity index (χ2v) is 7.38. The van der Waals surface area contributed by atoms with Crippen molar-refractivity contribution in [2.24, 2.45) is 0 Å². The molecule has 0 aliphatic rings. The number of rotatable bonds is 11. The van der Waals surface area contributed by atoms with E-state index in [1.54, 1.807) is 37.3 Å². The summed E-state index contributed by atoms with van der Waals surface area (Å²) in [4.78, 5) is 22.6. The molecule has 7 nitrogen and oxygen atoms in total. The molecule has 33 heavy (non-hydrogen) atoms. The average molecular weight is 453 g/mol. The molecule has 0 heterocycles. The van der Waals surface area contributed by atoms with Crippen molar-refractivity contribution >= 4 is 22.7 Å². The molecule has 0 saturated heterocycles. The number of benzene rings is 3. The molecular weight excluding hydrogens is 424 g/mol. The van der Waals surface area contributed by atoms with Gasteiger partial charge in [0.2, 0.25) is 6.29 Å². The second kappa shape index (κ2) is 11.9. The highest BCUT2D eigenvalue weighted by Crippen LogP contribution is 2.26. The van der Waals surface area contributed by atoms with Gasteiger partial charge in [0.05, 0.1) is 25.9 Å². The Morgan fingerprint density at radius 2 is 1.55 bits per heavy atom. The van der Waals surface area contributed by atoms with Crippen LogP contribution in [0.5, 0.6) is 11.5 Å². The average Bonchev–Trinajstić information content (AvgIpc) is 2.85. The van der Waals surface area contributed by atoms with Gasteiger partial charge in [-0.05, 0) is 66.1 Å². The van der Waals surface area contributed by atoms with Crippen LogP contribution in [0.25, 0.3) is 10.8 Å². The van der Waals surface area contributed by atoms with Gasteiger partial charge in [-0.15, -0.1) is 0 Å². The molecule has 7 heteroatoms. The molecule has 0 amide bonds. The summed E-state index contributed by atoms with van der Waals surface area (Å²) in [6.07, 6.45) is 0.781. The molecule has 1 unspecified atom stereocenters. The van der Waals surface area contributed by atoms with Gasteiger partial charge in [0.15, 0.2) is 0 Å². The Morgan fingerprint density at radius 3 is 2.27 bits per heavy atom. The Morgan fingerprint density at radius 1 is 0.879 bits per heavy atom. The molecule has 3 aromatic rings. The third-order valence-corrected chi connectivity index (χ3v) is 5.00. The van der Waals surface area contributed by atoms with Gasteiger partial charge in [-0.1, -0.05) is 25.1 Å². The number of hydrogen-bond donors (Lipinski definition) is 1. The number of carbonyl (C=O) groups excluding carboxylic acids is 2. The summed E-state index contributed by atoms with van der Waals surface area (Å²) in [7, 11) is 1.32. The first-order valence-corrected chi connectivity index (χ1v) is 10.9. The van der Waals surface area contributed by atoms with Crippen LogP contribution in [0, 0.1) is 0 Å². The van der Waals surface area contributed by atoms with Crippen molar-refractivity contribution in [1.29, 1.82) is 0 Å². The third kappa shape index (κ3) is 6.95. The Balaban J connectivity index is 1.54. The Kier molecular flexibility index (Phi) is 8.66. The van der Waals surface area contributed by atoms with E-state index in [9.17, 15) is 14.7 Å². The lowest BCUT2D eigenvalue weighted by molar-refractivity contribution is -0.143. The number of carbonyl (C=O) groups is 2. The Bertz CT molecular complexity index is 1080. The van der Waals surface area contributed by atoms with E-state index in [2.05, 4.69) is 4.74 Å². The monoisotopic (exact) mass is 452 g/mol. The number of ether oxygens (including phenoxy) is 4. The zero-order valence-corrected chi connectivity index (χ0v) is 18.8. The summed E-state index contributed by atoms with van der Waals surface area (Å²) < 4.78 is 21.1. The summed E-state index contributed by atoms with van der Waals surface area (Å²) in [6.45, 7) is 2.72. The molecule has 0 aliphatic heterocycles. The van der Waals surface area contributed by atoms with Crippen LogP contribution in [-0.4, -0.2) is 37.4 Å². The second-order valence-electron chi connectivity index (χ2n) is 7.38. The molecule has 1 N–H and O–H groups in total. The van der Waals surface area contributed by atoms with E-state index in [1.165, 1.54) is 7.11 Å². The van der Waals surface area contributed by atoms with Crippen molar-refractivity contribution in [3.8, 4) is 11.5 Å². The summed E-state index contributed by atoms with van der Waals surface area (Å²) in [5.74, 6) is 0.570. The Labute approximate surface area is 192 Å². The van der Waals surface area contributed by atoms with Crippen molar-refractivity contribution in [2.45, 2.75) is 32.5 Å². The van der Waals surface area contributed by atoms with Gasteiger partial charge in [-0.3, -0.25) is 4.79 Å². The highest BCUT2D eigenvalue weighted by Gasteiger charge is 2.12. The first-order valence-electron chi connectivity index (χ1n) is 10.9. The SMILES string of the molecule is CCC(=O)OCCCCOc1ccc2cc(C(O)Oc3ccc(C(=O)OC)cc3)ccc2c1. The predicted molar refractivity (Wildman–Crippen MR) is 123 cm³/mol. The first kappa shape index (κ1) is 24.1. The van der Waals surface area contributed by atoms with E-state index in [4.69, 9.17) is 14.2 Å². The molecule has 0 bridgehead atoms. The van der Waals surface area contributed by atoms with Crippen LogP contribution in [0.4, 0.5) is 0 Å². The quantitative estimate of drug-likeness (QED) is 0.254. The molecular formula is C26H28O7. The molecule has 0 radical (unpaired) electrons. The van der Waals surface area contributed by atoms with E-state index in [0.29, 0.717) is 36.5 Å². The van der Waals surface area contributed by atoms with E-state index in [0.717, 1.165) is 29.4 Å². The van der Waals surface area contributed by atoms with E-state index >= 15 is 0 Å². The summed E-state index contributed by atoms with van der Waals surface area (Å²) in [5, 5.41) is 12.4. The van der Waals surface area contributed by atoms with E-state index in [-0.39, 0.29) is 5.97 Å². The van der Waals surface area contributed by atoms with Gasteiger partial charge in [-0.25, -0.2) is 4.79 Å². The van der Waals surface area contributed by atoms with E-state index in [1.807, 2.05) is 30.3 Å². The van der Waals surface area contributed by atoms with E-state index < -0.39 is 12.3 Å². The molecule has 0 spiro atoms. The molecule has 3 rings (SSSR count). The largest absolute Gasteiger partial charge is 0.494 e. The van der Waals surface area contributed by atoms with Crippen molar-refractivity contribution in [3.05, 3.63) is 71.8 Å². The Hall–Kier alpha value is -3.58. The summed E-state index contributed by atoms with van der Waals surface area (Å²) in [6, 6.07) is 17.7. The molecule has 0 fully saturated rings. The van der Waals surface area contributed by atoms with Crippen LogP contribution in [0.2, 0.25) is 0 Å². The lowest BCUT2D eigenvalue weighted by Gasteiger charge is -2.15. The highest BCUT2D eigenvalue weighted by atomic mass is 16.6. The lowest BCUT2D eigenvalue weighted by atomic mass is 10.1. The van der Waals surface area contributed by atoms with Crippen LogP contribution in [0.1, 0.15) is 48.4 Å². The predicted octanol–water partition coefficient (Wildman–Crippen LogP) is 4.81. The van der Waals surface area contributed by atoms with Crippen molar-refractivity contribution in [3.63, 3.8) is 0 Å². The van der Waals surface area contributed by atoms with Crippen LogP contribution >= 0.6 is 0 Å². The fourth-order valence-corrected chi connectivity index (χ4v) is 3.15. The zero-order chi connectivity index (χ0) is 23.6. The van der Waals surface area contributed by atoms with Gasteiger partial charge >= 0.3 is 11.9 Å². The standard InChI is InChI=1S/C26H28O7/c1-3-24(27)32-15-5-4-14-31-23-13-10-19-16-21(7-6-20(19)17-23)26(29)33-22-11-8-18(9-12-22)25(28)30-2/h6-13,16-17,26,29H,3-5,14-15H2,1-2H3. The summed E-state index contributed by atoms with van der Waals surface area (Å²) in [5.41, 5.74) is 1.01. The summed E-state index contributed by atoms with van der Waals surface area (Å²) >= 11 is 0. The lowest BCUT2D eigenvalue weighted by Crippen LogP contribution is -2.07. The topological polar surface area (TPSA) is 91.3 Å². The van der Waals surface area contributed by atoms with Gasteiger partial charge in [0.1, 0.15) is 11.5 Å². The smallest absolute Gasteiger partial charge is 0.337 e. The van der Waals surface area contributed by atoms with Gasteiger partial charge < -0.3 is 24.1 Å². The molecule has 1 atom stereocenters. The fourth-order valence-electron chi connectivity index (χ4n) is 3.15. The number of hydrogen-bond acceptors (Lipinski definition) is 7. The maximum atomic E-state index is 11.5. The molecule has 0 aromatic heterocycles. The fraction of sp³-hybridized carbons (Fsp3) is 0.308. The molecule has 0 aliphatic carbocycles. The number of aliphatic hydroxyl groups excluding tert-OH is 1. The normalized spacial score (nSPS) is 11.6. The number of methoxy groups -OCH3 is 1. The van der Waals surface area contributed by atoms with Crippen molar-refractivity contribution < 1.29 is 33.6 Å². The zero-order valence-electron chi connectivity index (χ0n) is 18.8. The van der Waals surface area contributed by atoms with Crippen LogP contribution in [0.15, 0.2) is 60.7 Å². The van der Waals surface area contributed by atoms with Gasteiger partial charge in [-0.2, -0.15) is 0 Å². The minimum atomic E-state index is -1.16. The molecule has 174 valence electrons. The van der Waals surface area contributed by atoms with Crippen LogP contribution in [-0.2, 0) is 14.3 Å². The number of aliphatic hydroxyl groups is 1. The van der Waals surface area contributed by atoms with Gasteiger partial charge in [0.25, 0.3) is 0 Å². The van der Waals surface area contributed by atoms with Crippen molar-refractivity contribution in [1.82, 2.24) is 0 Å². The number of esters is 2. The van der Waals surface area contributed by atoms with Crippen molar-refractivity contribution in [2.75, 3.05) is 20.3 Å². The third-order valence-electron chi connectivity index (χ3n) is 5.00. The minimum absolute atomic E-state index is 0.184.